The number of carbonyl (C=O) groups is 4. The van der Waals surface area contributed by atoms with Crippen LogP contribution in [0.15, 0.2) is 48.6 Å². The summed E-state index contributed by atoms with van der Waals surface area (Å²) < 4.78 is 0. The first-order chi connectivity index (χ1) is 18.5. The highest BCUT2D eigenvalue weighted by Crippen LogP contribution is 2.34. The molecule has 1 unspecified atom stereocenters. The Hall–Kier alpha value is -3.58. The van der Waals surface area contributed by atoms with Crippen molar-refractivity contribution in [3.8, 4) is 0 Å². The van der Waals surface area contributed by atoms with E-state index in [0.717, 1.165) is 44.2 Å². The van der Waals surface area contributed by atoms with Crippen LogP contribution in [0.2, 0.25) is 0 Å². The Kier molecular flexibility index (Phi) is 16.0. The van der Waals surface area contributed by atoms with Crippen LogP contribution in [0.4, 0.5) is 0 Å². The number of nitrogens with zero attached hydrogens (tertiary/aromatic N) is 2. The van der Waals surface area contributed by atoms with Gasteiger partial charge in [0.05, 0.1) is 12.7 Å². The van der Waals surface area contributed by atoms with Gasteiger partial charge in [0, 0.05) is 63.6 Å². The number of benzene rings is 1. The van der Waals surface area contributed by atoms with Gasteiger partial charge in [-0.3, -0.25) is 9.80 Å². The monoisotopic (exact) mass is 550 g/mol. The molecule has 2 aliphatic rings. The van der Waals surface area contributed by atoms with Crippen molar-refractivity contribution in [1.29, 1.82) is 0 Å². The molecule has 12 nitrogen and oxygen atoms in total. The number of aliphatic hydroxyl groups excluding tert-OH is 2. The van der Waals surface area contributed by atoms with Crippen LogP contribution in [-0.4, -0.2) is 110 Å². The molecule has 0 aromatic heterocycles. The van der Waals surface area contributed by atoms with Crippen LogP contribution in [0.25, 0.3) is 0 Å². The number of aliphatic hydroxyl groups is 2. The van der Waals surface area contributed by atoms with E-state index in [-0.39, 0.29) is 6.61 Å². The summed E-state index contributed by atoms with van der Waals surface area (Å²) in [5.41, 5.74) is 2.47. The predicted molar refractivity (Wildman–Crippen MR) is 141 cm³/mol. The lowest BCUT2D eigenvalue weighted by atomic mass is 9.95. The Bertz CT molecular complexity index is 897. The average Bonchev–Trinajstić information content (AvgIpc) is 3.44. The zero-order valence-corrected chi connectivity index (χ0v) is 21.8. The second kappa shape index (κ2) is 18.6. The molecule has 1 saturated heterocycles. The third-order valence-corrected chi connectivity index (χ3v) is 6.20. The van der Waals surface area contributed by atoms with Crippen molar-refractivity contribution in [2.24, 2.45) is 0 Å². The van der Waals surface area contributed by atoms with Crippen molar-refractivity contribution in [2.75, 3.05) is 45.9 Å². The lowest BCUT2D eigenvalue weighted by Gasteiger charge is -2.35. The van der Waals surface area contributed by atoms with Gasteiger partial charge in [-0.25, -0.2) is 19.2 Å². The third kappa shape index (κ3) is 15.4. The van der Waals surface area contributed by atoms with Crippen LogP contribution >= 0.6 is 0 Å². The van der Waals surface area contributed by atoms with E-state index in [9.17, 15) is 24.3 Å². The van der Waals surface area contributed by atoms with Crippen molar-refractivity contribution in [2.45, 2.75) is 37.7 Å². The highest BCUT2D eigenvalue weighted by atomic mass is 16.4. The molecule has 1 heterocycles. The Morgan fingerprint density at radius 2 is 1.15 bits per heavy atom. The van der Waals surface area contributed by atoms with Gasteiger partial charge in [-0.2, -0.15) is 0 Å². The van der Waals surface area contributed by atoms with Crippen LogP contribution < -0.4 is 0 Å². The molecule has 1 saturated carbocycles. The summed E-state index contributed by atoms with van der Waals surface area (Å²) in [5, 5.41) is 50.7. The zero-order valence-electron chi connectivity index (χ0n) is 21.8. The van der Waals surface area contributed by atoms with Crippen molar-refractivity contribution >= 4 is 23.9 Å². The third-order valence-electron chi connectivity index (χ3n) is 6.20. The highest BCUT2D eigenvalue weighted by Gasteiger charge is 2.21. The quantitative estimate of drug-likeness (QED) is 0.230. The van der Waals surface area contributed by atoms with Crippen LogP contribution in [0.3, 0.4) is 0 Å². The standard InChI is InChI=1S/C19H30N2O2.2C4H4O4/c22-14-13-20-9-11-21(12-10-20)15-19(23)18-7-5-17(6-8-18)16-3-1-2-4-16;2*5-3(6)1-2-4(7)8/h5-8,16,19,22-23H,1-4,9-15H2;2*1-2H,(H,5,6)(H,7,8)/b;2*2-1-. The number of hydrogen-bond donors (Lipinski definition) is 6. The molecule has 1 aromatic carbocycles. The maximum Gasteiger partial charge on any atom is 0.328 e. The van der Waals surface area contributed by atoms with Crippen LogP contribution in [-0.2, 0) is 19.2 Å². The summed E-state index contributed by atoms with van der Waals surface area (Å²) >= 11 is 0. The van der Waals surface area contributed by atoms with Gasteiger partial charge >= 0.3 is 23.9 Å². The number of rotatable bonds is 10. The van der Waals surface area contributed by atoms with Gasteiger partial charge in [0.2, 0.25) is 0 Å². The molecule has 1 aliphatic carbocycles. The molecule has 6 N–H and O–H groups in total. The van der Waals surface area contributed by atoms with Gasteiger partial charge in [-0.1, -0.05) is 37.1 Å². The largest absolute Gasteiger partial charge is 0.478 e. The molecule has 3 rings (SSSR count). The minimum atomic E-state index is -1.26. The summed E-state index contributed by atoms with van der Waals surface area (Å²) in [6.07, 6.45) is 7.18. The van der Waals surface area contributed by atoms with Crippen molar-refractivity contribution in [3.05, 3.63) is 59.7 Å². The Morgan fingerprint density at radius 1 is 0.744 bits per heavy atom. The van der Waals surface area contributed by atoms with Crippen molar-refractivity contribution in [3.63, 3.8) is 0 Å². The fourth-order valence-corrected chi connectivity index (χ4v) is 4.22. The molecule has 12 heteroatoms. The lowest BCUT2D eigenvalue weighted by Crippen LogP contribution is -2.48. The Balaban J connectivity index is 0.000000393. The average molecular weight is 551 g/mol. The van der Waals surface area contributed by atoms with E-state index in [2.05, 4.69) is 34.1 Å². The number of carboxylic acids is 4. The first-order valence-corrected chi connectivity index (χ1v) is 12.6. The summed E-state index contributed by atoms with van der Waals surface area (Å²) in [5.74, 6) is -4.29. The predicted octanol–water partition coefficient (Wildman–Crippen LogP) is 1.41. The number of β-amino-alcohol motifs (C(OH)–C–C–N with tert-alkyl or cyclic N) is 2. The molecule has 0 radical (unpaired) electrons. The van der Waals surface area contributed by atoms with E-state index in [1.54, 1.807) is 0 Å². The normalized spacial score (nSPS) is 17.2. The Morgan fingerprint density at radius 3 is 1.54 bits per heavy atom. The minimum absolute atomic E-state index is 0.232. The minimum Gasteiger partial charge on any atom is -0.478 e. The van der Waals surface area contributed by atoms with E-state index in [0.29, 0.717) is 30.8 Å². The van der Waals surface area contributed by atoms with E-state index in [4.69, 9.17) is 25.5 Å². The molecule has 216 valence electrons. The van der Waals surface area contributed by atoms with Crippen LogP contribution in [0.1, 0.15) is 48.8 Å². The second-order valence-electron chi connectivity index (χ2n) is 9.05. The van der Waals surface area contributed by atoms with Crippen molar-refractivity contribution < 1.29 is 49.8 Å². The number of aliphatic carboxylic acids is 4. The molecule has 0 amide bonds. The lowest BCUT2D eigenvalue weighted by molar-refractivity contribution is -0.134. The van der Waals surface area contributed by atoms with E-state index in [1.165, 1.54) is 31.2 Å². The van der Waals surface area contributed by atoms with Gasteiger partial charge in [0.25, 0.3) is 0 Å². The maximum atomic E-state index is 10.5. The SMILES string of the molecule is O=C(O)/C=C\C(=O)O.O=C(O)/C=C\C(=O)O.OCCN1CCN(CC(O)c2ccc(C3CCCC3)cc2)CC1. The van der Waals surface area contributed by atoms with Crippen LogP contribution in [0, 0.1) is 0 Å². The molecule has 1 aromatic rings. The van der Waals surface area contributed by atoms with Gasteiger partial charge < -0.3 is 30.6 Å². The van der Waals surface area contributed by atoms with Gasteiger partial charge in [0.15, 0.2) is 0 Å². The number of piperazine rings is 1. The first-order valence-electron chi connectivity index (χ1n) is 12.6. The molecule has 0 bridgehead atoms. The molecule has 2 fully saturated rings. The zero-order chi connectivity index (χ0) is 29.2. The molecule has 1 aliphatic heterocycles. The fourth-order valence-electron chi connectivity index (χ4n) is 4.22. The van der Waals surface area contributed by atoms with E-state index in [1.807, 2.05) is 0 Å². The van der Waals surface area contributed by atoms with Crippen LogP contribution in [0.5, 0.6) is 0 Å². The molecule has 0 spiro atoms. The summed E-state index contributed by atoms with van der Waals surface area (Å²) in [6.45, 7) is 5.60. The molecule has 39 heavy (non-hydrogen) atoms. The summed E-state index contributed by atoms with van der Waals surface area (Å²) in [6, 6.07) is 8.65. The first kappa shape index (κ1) is 33.4. The second-order valence-corrected chi connectivity index (χ2v) is 9.05. The Labute approximate surface area is 227 Å². The molecule has 1 atom stereocenters. The van der Waals surface area contributed by atoms with E-state index < -0.39 is 30.0 Å². The van der Waals surface area contributed by atoms with Gasteiger partial charge in [-0.15, -0.1) is 0 Å². The van der Waals surface area contributed by atoms with Gasteiger partial charge in [-0.05, 0) is 29.9 Å². The smallest absolute Gasteiger partial charge is 0.328 e. The summed E-state index contributed by atoms with van der Waals surface area (Å²) in [7, 11) is 0. The number of hydrogen-bond acceptors (Lipinski definition) is 8. The highest BCUT2D eigenvalue weighted by molar-refractivity contribution is 5.90. The van der Waals surface area contributed by atoms with E-state index >= 15 is 0 Å². The number of carboxylic acid groups (broad SMARTS) is 4. The van der Waals surface area contributed by atoms with Gasteiger partial charge in [0.1, 0.15) is 0 Å². The molecular formula is C27H38N2O10. The topological polar surface area (TPSA) is 196 Å². The fraction of sp³-hybridized carbons (Fsp3) is 0.481. The maximum absolute atomic E-state index is 10.5. The van der Waals surface area contributed by atoms with Crippen molar-refractivity contribution in [1.82, 2.24) is 9.80 Å². The summed E-state index contributed by atoms with van der Waals surface area (Å²) in [4.78, 5) is 42.8. The molecular weight excluding hydrogens is 512 g/mol.